The van der Waals surface area contributed by atoms with Crippen molar-refractivity contribution in [2.24, 2.45) is 0 Å². The van der Waals surface area contributed by atoms with Gasteiger partial charge in [-0.05, 0) is 6.42 Å². The van der Waals surface area contributed by atoms with Crippen molar-refractivity contribution in [3.8, 4) is 0 Å². The van der Waals surface area contributed by atoms with Gasteiger partial charge in [0.1, 0.15) is 0 Å². The lowest BCUT2D eigenvalue weighted by molar-refractivity contribution is -0.136. The summed E-state index contributed by atoms with van der Waals surface area (Å²) in [5, 5.41) is 16.8. The van der Waals surface area contributed by atoms with E-state index in [2.05, 4.69) is 6.58 Å². The molecular formula is C7H11O3. The van der Waals surface area contributed by atoms with E-state index in [1.54, 1.807) is 6.08 Å². The van der Waals surface area contributed by atoms with Crippen LogP contribution in [0.5, 0.6) is 0 Å². The molecule has 0 saturated carbocycles. The Labute approximate surface area is 60.0 Å². The normalized spacial score (nSPS) is 9.80. The van der Waals surface area contributed by atoms with Gasteiger partial charge in [-0.3, -0.25) is 4.79 Å². The molecule has 0 aliphatic carbocycles. The first-order chi connectivity index (χ1) is 4.70. The van der Waals surface area contributed by atoms with E-state index in [1.165, 1.54) is 0 Å². The van der Waals surface area contributed by atoms with Gasteiger partial charge in [0.25, 0.3) is 0 Å². The molecule has 0 unspecified atom stereocenters. The van der Waals surface area contributed by atoms with Crippen molar-refractivity contribution < 1.29 is 15.0 Å². The second kappa shape index (κ2) is 4.99. The zero-order chi connectivity index (χ0) is 7.98. The Bertz CT molecular complexity index is 120. The van der Waals surface area contributed by atoms with E-state index in [0.29, 0.717) is 12.3 Å². The van der Waals surface area contributed by atoms with Crippen LogP contribution in [0.4, 0.5) is 0 Å². The largest absolute Gasteiger partial charge is 0.481 e. The Morgan fingerprint density at radius 3 is 2.50 bits per heavy atom. The first kappa shape index (κ1) is 9.17. The van der Waals surface area contributed by atoms with Crippen molar-refractivity contribution in [3.63, 3.8) is 0 Å². The molecule has 0 aliphatic heterocycles. The number of allylic oxidation sites excluding steroid dienone is 1. The third-order valence-corrected chi connectivity index (χ3v) is 1.06. The van der Waals surface area contributed by atoms with Gasteiger partial charge in [0.2, 0.25) is 0 Å². The Morgan fingerprint density at radius 1 is 1.60 bits per heavy atom. The number of carbonyl (C=O) groups is 1. The molecule has 0 amide bonds. The van der Waals surface area contributed by atoms with E-state index in [1.807, 2.05) is 0 Å². The van der Waals surface area contributed by atoms with Crippen molar-refractivity contribution in [2.45, 2.75) is 12.8 Å². The average molecular weight is 143 g/mol. The maximum Gasteiger partial charge on any atom is 0.304 e. The van der Waals surface area contributed by atoms with Crippen LogP contribution in [0.25, 0.3) is 0 Å². The summed E-state index contributed by atoms with van der Waals surface area (Å²) < 4.78 is 0. The number of hydrogen-bond donors (Lipinski definition) is 2. The summed E-state index contributed by atoms with van der Waals surface area (Å²) in [6.07, 6.45) is 1.99. The van der Waals surface area contributed by atoms with Crippen LogP contribution in [0.15, 0.2) is 12.7 Å². The molecule has 0 fully saturated rings. The van der Waals surface area contributed by atoms with Gasteiger partial charge in [0.05, 0.1) is 13.0 Å². The number of hydrogen-bond acceptors (Lipinski definition) is 2. The Hall–Kier alpha value is -0.830. The fraction of sp³-hybridized carbons (Fsp3) is 0.429. The lowest BCUT2D eigenvalue weighted by atomic mass is 10.0. The Balaban J connectivity index is 3.59. The summed E-state index contributed by atoms with van der Waals surface area (Å²) in [6, 6.07) is 0. The number of aliphatic hydroxyl groups excluding tert-OH is 1. The maximum absolute atomic E-state index is 10.1. The first-order valence-electron chi connectivity index (χ1n) is 2.97. The van der Waals surface area contributed by atoms with E-state index in [-0.39, 0.29) is 13.0 Å². The quantitative estimate of drug-likeness (QED) is 0.554. The molecule has 10 heavy (non-hydrogen) atoms. The highest BCUT2D eigenvalue weighted by molar-refractivity contribution is 5.69. The topological polar surface area (TPSA) is 57.5 Å². The fourth-order valence-corrected chi connectivity index (χ4v) is 0.611. The van der Waals surface area contributed by atoms with E-state index in [9.17, 15) is 4.79 Å². The third kappa shape index (κ3) is 4.09. The minimum Gasteiger partial charge on any atom is -0.481 e. The predicted molar refractivity (Wildman–Crippen MR) is 37.4 cm³/mol. The zero-order valence-electron chi connectivity index (χ0n) is 5.71. The van der Waals surface area contributed by atoms with Gasteiger partial charge < -0.3 is 10.2 Å². The fourth-order valence-electron chi connectivity index (χ4n) is 0.611. The van der Waals surface area contributed by atoms with Crippen LogP contribution in [0, 0.1) is 5.92 Å². The minimum atomic E-state index is -0.911. The standard InChI is InChI=1S/C7H11O3/c1-2-3-6(5-8)4-7(9)10/h2,8H,1,3-5H2,(H,9,10). The van der Waals surface area contributed by atoms with Crippen LogP contribution in [-0.2, 0) is 4.79 Å². The van der Waals surface area contributed by atoms with E-state index in [4.69, 9.17) is 10.2 Å². The molecule has 0 aromatic heterocycles. The van der Waals surface area contributed by atoms with Crippen LogP contribution in [0.3, 0.4) is 0 Å². The number of rotatable bonds is 5. The highest BCUT2D eigenvalue weighted by Crippen LogP contribution is 2.09. The van der Waals surface area contributed by atoms with Crippen LogP contribution in [-0.4, -0.2) is 22.8 Å². The molecule has 57 valence electrons. The molecule has 0 saturated heterocycles. The second-order valence-electron chi connectivity index (χ2n) is 1.97. The Kier molecular flexibility index (Phi) is 4.58. The molecule has 0 aromatic rings. The van der Waals surface area contributed by atoms with Gasteiger partial charge in [-0.2, -0.15) is 0 Å². The Morgan fingerprint density at radius 2 is 2.20 bits per heavy atom. The second-order valence-corrected chi connectivity index (χ2v) is 1.97. The molecule has 0 atom stereocenters. The summed E-state index contributed by atoms with van der Waals surface area (Å²) in [5.74, 6) is -0.326. The molecule has 0 bridgehead atoms. The highest BCUT2D eigenvalue weighted by Gasteiger charge is 2.09. The van der Waals surface area contributed by atoms with Crippen molar-refractivity contribution in [1.29, 1.82) is 0 Å². The van der Waals surface area contributed by atoms with E-state index < -0.39 is 5.97 Å². The third-order valence-electron chi connectivity index (χ3n) is 1.06. The minimum absolute atomic E-state index is 0.0669. The van der Waals surface area contributed by atoms with Crippen LogP contribution < -0.4 is 0 Å². The van der Waals surface area contributed by atoms with Crippen molar-refractivity contribution in [2.75, 3.05) is 6.61 Å². The SMILES string of the molecule is C=CC[C](CO)CC(=O)O. The molecule has 0 aliphatic rings. The van der Waals surface area contributed by atoms with Gasteiger partial charge >= 0.3 is 5.97 Å². The number of carboxylic acids is 1. The van der Waals surface area contributed by atoms with Crippen molar-refractivity contribution >= 4 is 5.97 Å². The summed E-state index contributed by atoms with van der Waals surface area (Å²) >= 11 is 0. The maximum atomic E-state index is 10.1. The zero-order valence-corrected chi connectivity index (χ0v) is 5.71. The predicted octanol–water partition coefficient (Wildman–Crippen LogP) is 0.604. The molecule has 0 aromatic carbocycles. The highest BCUT2D eigenvalue weighted by atomic mass is 16.4. The molecule has 2 N–H and O–H groups in total. The van der Waals surface area contributed by atoms with Crippen LogP contribution >= 0.6 is 0 Å². The van der Waals surface area contributed by atoms with E-state index >= 15 is 0 Å². The molecule has 3 nitrogen and oxygen atoms in total. The summed E-state index contributed by atoms with van der Waals surface area (Å²) in [4.78, 5) is 10.1. The molecule has 3 heteroatoms. The average Bonchev–Trinajstić information content (AvgIpc) is 1.86. The van der Waals surface area contributed by atoms with Gasteiger partial charge in [0.15, 0.2) is 0 Å². The van der Waals surface area contributed by atoms with Gasteiger partial charge in [-0.1, -0.05) is 6.08 Å². The van der Waals surface area contributed by atoms with Gasteiger partial charge in [-0.15, -0.1) is 6.58 Å². The molecule has 1 radical (unpaired) electrons. The summed E-state index contributed by atoms with van der Waals surface area (Å²) in [7, 11) is 0. The summed E-state index contributed by atoms with van der Waals surface area (Å²) in [5.41, 5.74) is 0. The van der Waals surface area contributed by atoms with Crippen LogP contribution in [0.1, 0.15) is 12.8 Å². The number of carboxylic acid groups (broad SMARTS) is 1. The van der Waals surface area contributed by atoms with Crippen molar-refractivity contribution in [3.05, 3.63) is 18.6 Å². The van der Waals surface area contributed by atoms with Crippen molar-refractivity contribution in [1.82, 2.24) is 0 Å². The smallest absolute Gasteiger partial charge is 0.304 e. The van der Waals surface area contributed by atoms with Gasteiger partial charge in [0, 0.05) is 5.92 Å². The van der Waals surface area contributed by atoms with Gasteiger partial charge in [-0.25, -0.2) is 0 Å². The first-order valence-corrected chi connectivity index (χ1v) is 2.97. The van der Waals surface area contributed by atoms with E-state index in [0.717, 1.165) is 0 Å². The number of aliphatic carboxylic acids is 1. The summed E-state index contributed by atoms with van der Waals surface area (Å²) in [6.45, 7) is 3.26. The molecule has 0 rings (SSSR count). The van der Waals surface area contributed by atoms with Crippen LogP contribution in [0.2, 0.25) is 0 Å². The molecular weight excluding hydrogens is 132 g/mol. The molecule has 0 spiro atoms. The lowest BCUT2D eigenvalue weighted by Gasteiger charge is -2.05. The number of aliphatic hydroxyl groups is 1. The lowest BCUT2D eigenvalue weighted by Crippen LogP contribution is -2.08. The monoisotopic (exact) mass is 143 g/mol. The molecule has 0 heterocycles.